The summed E-state index contributed by atoms with van der Waals surface area (Å²) in [5.41, 5.74) is 7.88. The molecule has 0 amide bonds. The lowest BCUT2D eigenvalue weighted by atomic mass is 9.69. The quantitative estimate of drug-likeness (QED) is 0.396. The monoisotopic (exact) mass is 518 g/mol. The molecule has 2 aromatic carbocycles. The molecule has 8 rings (SSSR count). The molecule has 3 fully saturated rings. The van der Waals surface area contributed by atoms with Gasteiger partial charge in [-0.1, -0.05) is 6.07 Å². The van der Waals surface area contributed by atoms with Crippen molar-refractivity contribution in [2.75, 3.05) is 12.5 Å². The molecular weight excluding hydrogens is 494 g/mol. The van der Waals surface area contributed by atoms with E-state index in [0.29, 0.717) is 34.5 Å². The fourth-order valence-electron chi connectivity index (χ4n) is 5.81. The smallest absolute Gasteiger partial charge is 0.231 e. The van der Waals surface area contributed by atoms with E-state index in [0.717, 1.165) is 29.5 Å². The first-order valence-electron chi connectivity index (χ1n) is 12.6. The first-order valence-corrected chi connectivity index (χ1v) is 12.6. The normalized spacial score (nSPS) is 21.6. The number of fused-ring (bicyclic) bond motifs is 4. The molecular formula is C27H24F2N6O3. The summed E-state index contributed by atoms with van der Waals surface area (Å²) in [5.74, 6) is 0.265. The third-order valence-corrected chi connectivity index (χ3v) is 7.85. The zero-order valence-electron chi connectivity index (χ0n) is 20.3. The minimum Gasteiger partial charge on any atom is -0.487 e. The predicted molar refractivity (Wildman–Crippen MR) is 133 cm³/mol. The second-order valence-electron chi connectivity index (χ2n) is 10.0. The van der Waals surface area contributed by atoms with Gasteiger partial charge in [-0.2, -0.15) is 9.07 Å². The Bertz CT molecular complexity index is 1540. The molecule has 194 valence electrons. The molecule has 0 radical (unpaired) electrons. The van der Waals surface area contributed by atoms with Crippen molar-refractivity contribution in [3.05, 3.63) is 54.2 Å². The molecule has 1 unspecified atom stereocenters. The van der Waals surface area contributed by atoms with E-state index in [2.05, 4.69) is 20.5 Å². The highest BCUT2D eigenvalue weighted by molar-refractivity contribution is 5.77. The lowest BCUT2D eigenvalue weighted by molar-refractivity contribution is 0.0174. The van der Waals surface area contributed by atoms with Crippen LogP contribution in [0.5, 0.6) is 17.2 Å². The van der Waals surface area contributed by atoms with E-state index in [-0.39, 0.29) is 36.0 Å². The van der Waals surface area contributed by atoms with E-state index in [4.69, 9.17) is 19.9 Å². The lowest BCUT2D eigenvalue weighted by Crippen LogP contribution is -2.39. The Kier molecular flexibility index (Phi) is 5.38. The number of ether oxygens (including phenoxy) is 3. The summed E-state index contributed by atoms with van der Waals surface area (Å²) in [4.78, 5) is 4.29. The first kappa shape index (κ1) is 22.9. The zero-order valence-corrected chi connectivity index (χ0v) is 20.3. The van der Waals surface area contributed by atoms with Crippen LogP contribution in [0, 0.1) is 23.5 Å². The Morgan fingerprint density at radius 2 is 1.79 bits per heavy atom. The number of aromatic nitrogens is 5. The van der Waals surface area contributed by atoms with Crippen molar-refractivity contribution in [1.82, 2.24) is 25.2 Å². The van der Waals surface area contributed by atoms with Crippen LogP contribution in [0.1, 0.15) is 32.1 Å². The molecule has 3 aliphatic carbocycles. The van der Waals surface area contributed by atoms with Gasteiger partial charge in [0, 0.05) is 11.8 Å². The lowest BCUT2D eigenvalue weighted by Gasteiger charge is -2.42. The van der Waals surface area contributed by atoms with Crippen molar-refractivity contribution >= 4 is 5.82 Å². The molecule has 11 heteroatoms. The Hall–Kier alpha value is -4.28. The molecule has 3 heterocycles. The van der Waals surface area contributed by atoms with E-state index in [1.807, 2.05) is 12.1 Å². The minimum atomic E-state index is -1.10. The number of benzene rings is 2. The van der Waals surface area contributed by atoms with Crippen molar-refractivity contribution in [3.8, 4) is 45.5 Å². The Morgan fingerprint density at radius 3 is 2.61 bits per heavy atom. The van der Waals surface area contributed by atoms with Gasteiger partial charge in [0.15, 0.2) is 28.9 Å². The fraction of sp³-hybridized carbons (Fsp3) is 0.333. The predicted octanol–water partition coefficient (Wildman–Crippen LogP) is 4.94. The third kappa shape index (κ3) is 3.80. The van der Waals surface area contributed by atoms with Crippen LogP contribution in [-0.2, 0) is 0 Å². The summed E-state index contributed by atoms with van der Waals surface area (Å²) in [6.45, 7) is 0.159. The maximum absolute atomic E-state index is 15.4. The molecule has 0 spiro atoms. The van der Waals surface area contributed by atoms with Gasteiger partial charge in [-0.25, -0.2) is 9.37 Å². The zero-order chi connectivity index (χ0) is 25.8. The average Bonchev–Trinajstić information content (AvgIpc) is 3.62. The van der Waals surface area contributed by atoms with Crippen molar-refractivity contribution in [2.45, 2.75) is 38.2 Å². The van der Waals surface area contributed by atoms with Gasteiger partial charge in [0.25, 0.3) is 0 Å². The van der Waals surface area contributed by atoms with Crippen molar-refractivity contribution in [1.29, 1.82) is 0 Å². The molecule has 2 aromatic heterocycles. The van der Waals surface area contributed by atoms with Gasteiger partial charge in [-0.15, -0.1) is 5.10 Å². The third-order valence-electron chi connectivity index (χ3n) is 7.85. The summed E-state index contributed by atoms with van der Waals surface area (Å²) < 4.78 is 48.5. The largest absolute Gasteiger partial charge is 0.487 e. The van der Waals surface area contributed by atoms with Crippen LogP contribution < -0.4 is 19.9 Å². The number of hydrogen-bond acceptors (Lipinski definition) is 8. The number of hydrogen-bond donors (Lipinski definition) is 1. The highest BCUT2D eigenvalue weighted by atomic mass is 19.2. The number of pyridine rings is 1. The van der Waals surface area contributed by atoms with Crippen LogP contribution in [0.25, 0.3) is 28.2 Å². The van der Waals surface area contributed by atoms with E-state index in [1.54, 1.807) is 18.3 Å². The second-order valence-corrected chi connectivity index (χ2v) is 10.0. The van der Waals surface area contributed by atoms with E-state index in [1.165, 1.54) is 25.0 Å². The van der Waals surface area contributed by atoms with Crippen molar-refractivity contribution in [2.24, 2.45) is 11.8 Å². The maximum Gasteiger partial charge on any atom is 0.231 e. The van der Waals surface area contributed by atoms with Crippen LogP contribution >= 0.6 is 0 Å². The van der Waals surface area contributed by atoms with Crippen LogP contribution in [-0.4, -0.2) is 38.1 Å². The van der Waals surface area contributed by atoms with Crippen LogP contribution in [0.2, 0.25) is 0 Å². The molecule has 1 atom stereocenters. The highest BCUT2D eigenvalue weighted by Gasteiger charge is 2.37. The van der Waals surface area contributed by atoms with E-state index >= 15 is 8.78 Å². The minimum absolute atomic E-state index is 0.0874. The van der Waals surface area contributed by atoms with E-state index in [9.17, 15) is 0 Å². The average molecular weight is 519 g/mol. The Labute approximate surface area is 216 Å². The van der Waals surface area contributed by atoms with Crippen LogP contribution in [0.3, 0.4) is 0 Å². The summed E-state index contributed by atoms with van der Waals surface area (Å²) in [6.07, 6.45) is 6.94. The highest BCUT2D eigenvalue weighted by Crippen LogP contribution is 2.43. The number of nitrogen functional groups attached to an aromatic ring is 1. The van der Waals surface area contributed by atoms with Gasteiger partial charge >= 0.3 is 0 Å². The van der Waals surface area contributed by atoms with E-state index < -0.39 is 11.6 Å². The number of tetrazole rings is 1. The van der Waals surface area contributed by atoms with Crippen LogP contribution in [0.15, 0.2) is 42.6 Å². The molecule has 2 bridgehead atoms. The SMILES string of the molecule is Nc1ncc(-c2ccc3c(c2)OCO3)cc1-c1nnnn1-c1ccc(OC2CC3CCC2CC3)c(F)c1F. The number of halogens is 2. The van der Waals surface area contributed by atoms with Crippen LogP contribution in [0.4, 0.5) is 14.6 Å². The topological polar surface area (TPSA) is 110 Å². The number of nitrogens with zero attached hydrogens (tertiary/aromatic N) is 5. The number of rotatable bonds is 5. The summed E-state index contributed by atoms with van der Waals surface area (Å²) in [5, 5.41) is 11.7. The second kappa shape index (κ2) is 8.93. The molecule has 4 aliphatic rings. The molecule has 38 heavy (non-hydrogen) atoms. The van der Waals surface area contributed by atoms with Crippen molar-refractivity contribution < 1.29 is 23.0 Å². The van der Waals surface area contributed by atoms with Gasteiger partial charge < -0.3 is 19.9 Å². The van der Waals surface area contributed by atoms with Gasteiger partial charge in [-0.05, 0) is 90.3 Å². The number of anilines is 1. The maximum atomic E-state index is 15.4. The number of nitrogens with two attached hydrogens (primary N) is 1. The first-order chi connectivity index (χ1) is 18.5. The summed E-state index contributed by atoms with van der Waals surface area (Å²) in [7, 11) is 0. The molecule has 3 saturated carbocycles. The van der Waals surface area contributed by atoms with Crippen molar-refractivity contribution in [3.63, 3.8) is 0 Å². The standard InChI is InChI=1S/C27H24F2N6O3/c28-24-19(6-8-21(25(24)29)38-22-9-14-1-3-15(22)4-2-14)35-27(32-33-34-35)18-10-17(12-31-26(18)30)16-5-7-20-23(11-16)37-13-36-20/h5-8,10-12,14-15,22H,1-4,9,13H2,(H2,30,31). The molecule has 4 aromatic rings. The molecule has 9 nitrogen and oxygen atoms in total. The Morgan fingerprint density at radius 1 is 0.947 bits per heavy atom. The molecule has 2 N–H and O–H groups in total. The molecule has 1 aliphatic heterocycles. The summed E-state index contributed by atoms with van der Waals surface area (Å²) in [6, 6.07) is 10.1. The van der Waals surface area contributed by atoms with Gasteiger partial charge in [-0.3, -0.25) is 0 Å². The van der Waals surface area contributed by atoms with Gasteiger partial charge in [0.2, 0.25) is 12.6 Å². The summed E-state index contributed by atoms with van der Waals surface area (Å²) >= 11 is 0. The van der Waals surface area contributed by atoms with Gasteiger partial charge in [0.05, 0.1) is 5.56 Å². The molecule has 0 saturated heterocycles. The Balaban J connectivity index is 1.22. The fourth-order valence-corrected chi connectivity index (χ4v) is 5.81. The van der Waals surface area contributed by atoms with Gasteiger partial charge in [0.1, 0.15) is 17.6 Å².